The Hall–Kier alpha value is -0.750. The molecule has 108 valence electrons. The van der Waals surface area contributed by atoms with Crippen molar-refractivity contribution in [1.82, 2.24) is 4.90 Å². The van der Waals surface area contributed by atoms with Gasteiger partial charge in [0.05, 0.1) is 6.42 Å². The standard InChI is InChI=1S/C13H20F2N2O2/c14-13(15)4-9(19-12(13)18)6-17-5-8-2-1-3-11(16)10(8)7-17/h8-11H,1-7,16H2. The Bertz CT molecular complexity index is 378. The number of ether oxygens (including phenoxy) is 1. The molecule has 4 unspecified atom stereocenters. The maximum atomic E-state index is 13.1. The lowest BCUT2D eigenvalue weighted by atomic mass is 9.78. The highest BCUT2D eigenvalue weighted by atomic mass is 19.3. The summed E-state index contributed by atoms with van der Waals surface area (Å²) in [6.45, 7) is 2.17. The van der Waals surface area contributed by atoms with Crippen LogP contribution in [0.4, 0.5) is 8.78 Å². The van der Waals surface area contributed by atoms with E-state index in [1.807, 2.05) is 0 Å². The minimum absolute atomic E-state index is 0.233. The zero-order valence-electron chi connectivity index (χ0n) is 10.9. The van der Waals surface area contributed by atoms with Gasteiger partial charge in [-0.1, -0.05) is 6.42 Å². The summed E-state index contributed by atoms with van der Waals surface area (Å²) in [6.07, 6.45) is 2.25. The molecule has 4 nitrogen and oxygen atoms in total. The van der Waals surface area contributed by atoms with Gasteiger partial charge in [0.25, 0.3) is 0 Å². The van der Waals surface area contributed by atoms with Gasteiger partial charge in [-0.25, -0.2) is 4.79 Å². The number of hydrogen-bond donors (Lipinski definition) is 1. The second-order valence-electron chi connectivity index (χ2n) is 6.17. The van der Waals surface area contributed by atoms with Crippen molar-refractivity contribution >= 4 is 5.97 Å². The van der Waals surface area contributed by atoms with E-state index >= 15 is 0 Å². The third-order valence-electron chi connectivity index (χ3n) is 4.75. The maximum Gasteiger partial charge on any atom is 0.377 e. The van der Waals surface area contributed by atoms with Crippen LogP contribution in [0.15, 0.2) is 0 Å². The Labute approximate surface area is 111 Å². The van der Waals surface area contributed by atoms with Crippen LogP contribution in [0.2, 0.25) is 0 Å². The lowest BCUT2D eigenvalue weighted by molar-refractivity contribution is -0.159. The molecule has 0 aromatic rings. The van der Waals surface area contributed by atoms with Gasteiger partial charge in [0.2, 0.25) is 0 Å². The summed E-state index contributed by atoms with van der Waals surface area (Å²) in [6, 6.07) is 0.233. The molecule has 3 aliphatic rings. The zero-order valence-corrected chi connectivity index (χ0v) is 10.9. The molecular formula is C13H20F2N2O2. The molecule has 0 aromatic heterocycles. The quantitative estimate of drug-likeness (QED) is 0.763. The van der Waals surface area contributed by atoms with Crippen molar-refractivity contribution in [3.63, 3.8) is 0 Å². The number of nitrogens with two attached hydrogens (primary N) is 1. The van der Waals surface area contributed by atoms with Gasteiger partial charge in [-0.15, -0.1) is 0 Å². The Morgan fingerprint density at radius 1 is 1.37 bits per heavy atom. The van der Waals surface area contributed by atoms with Gasteiger partial charge in [-0.05, 0) is 24.7 Å². The first-order valence-corrected chi connectivity index (χ1v) is 7.02. The average Bonchev–Trinajstić information content (AvgIpc) is 2.82. The fourth-order valence-corrected chi connectivity index (χ4v) is 3.80. The molecular weight excluding hydrogens is 254 g/mol. The van der Waals surface area contributed by atoms with Crippen molar-refractivity contribution in [2.75, 3.05) is 19.6 Å². The Kier molecular flexibility index (Phi) is 3.25. The van der Waals surface area contributed by atoms with Crippen molar-refractivity contribution in [1.29, 1.82) is 0 Å². The third kappa shape index (κ3) is 2.48. The Balaban J connectivity index is 1.56. The summed E-state index contributed by atoms with van der Waals surface area (Å²) in [7, 11) is 0. The van der Waals surface area contributed by atoms with Crippen LogP contribution in [0.3, 0.4) is 0 Å². The molecule has 2 saturated heterocycles. The van der Waals surface area contributed by atoms with Crippen LogP contribution in [0.5, 0.6) is 0 Å². The summed E-state index contributed by atoms with van der Waals surface area (Å²) < 4.78 is 31.0. The van der Waals surface area contributed by atoms with E-state index in [0.29, 0.717) is 18.4 Å². The minimum Gasteiger partial charge on any atom is -0.456 e. The predicted molar refractivity (Wildman–Crippen MR) is 64.7 cm³/mol. The van der Waals surface area contributed by atoms with Gasteiger partial charge in [-0.2, -0.15) is 8.78 Å². The first-order chi connectivity index (χ1) is 8.95. The molecule has 2 aliphatic heterocycles. The fraction of sp³-hybridized carbons (Fsp3) is 0.923. The fourth-order valence-electron chi connectivity index (χ4n) is 3.80. The molecule has 4 atom stereocenters. The topological polar surface area (TPSA) is 55.6 Å². The number of esters is 1. The molecule has 2 N–H and O–H groups in total. The molecule has 0 bridgehead atoms. The highest BCUT2D eigenvalue weighted by Crippen LogP contribution is 2.37. The normalized spacial score (nSPS) is 42.2. The summed E-state index contributed by atoms with van der Waals surface area (Å²) in [4.78, 5) is 13.1. The van der Waals surface area contributed by atoms with Crippen LogP contribution in [0, 0.1) is 11.8 Å². The van der Waals surface area contributed by atoms with E-state index in [0.717, 1.165) is 25.9 Å². The van der Waals surface area contributed by atoms with Crippen LogP contribution in [-0.2, 0) is 9.53 Å². The van der Waals surface area contributed by atoms with E-state index in [-0.39, 0.29) is 6.04 Å². The van der Waals surface area contributed by atoms with Gasteiger partial charge in [0.15, 0.2) is 0 Å². The summed E-state index contributed by atoms with van der Waals surface area (Å²) in [5, 5.41) is 0. The van der Waals surface area contributed by atoms with Crippen LogP contribution < -0.4 is 5.73 Å². The first kappa shape index (κ1) is 13.2. The van der Waals surface area contributed by atoms with Gasteiger partial charge in [-0.3, -0.25) is 4.90 Å². The van der Waals surface area contributed by atoms with E-state index in [9.17, 15) is 13.6 Å². The average molecular weight is 274 g/mol. The van der Waals surface area contributed by atoms with Crippen LogP contribution in [0.25, 0.3) is 0 Å². The van der Waals surface area contributed by atoms with Crippen molar-refractivity contribution < 1.29 is 18.3 Å². The molecule has 0 aromatic carbocycles. The molecule has 1 aliphatic carbocycles. The van der Waals surface area contributed by atoms with E-state index in [4.69, 9.17) is 10.5 Å². The van der Waals surface area contributed by atoms with Crippen LogP contribution >= 0.6 is 0 Å². The van der Waals surface area contributed by atoms with Crippen LogP contribution in [-0.4, -0.2) is 48.6 Å². The minimum atomic E-state index is -3.30. The second kappa shape index (κ2) is 4.66. The van der Waals surface area contributed by atoms with Crippen molar-refractivity contribution in [3.8, 4) is 0 Å². The van der Waals surface area contributed by atoms with Crippen LogP contribution in [0.1, 0.15) is 25.7 Å². The largest absolute Gasteiger partial charge is 0.456 e. The number of fused-ring (bicyclic) bond motifs is 1. The Morgan fingerprint density at radius 2 is 2.16 bits per heavy atom. The zero-order chi connectivity index (χ0) is 13.6. The SMILES string of the molecule is NC1CCCC2CN(CC3CC(F)(F)C(=O)O3)CC12. The second-order valence-corrected chi connectivity index (χ2v) is 6.17. The molecule has 0 amide bonds. The molecule has 3 rings (SSSR count). The van der Waals surface area contributed by atoms with E-state index in [2.05, 4.69) is 4.90 Å². The highest BCUT2D eigenvalue weighted by molar-refractivity contribution is 5.79. The summed E-state index contributed by atoms with van der Waals surface area (Å²) in [5.74, 6) is -3.60. The number of alkyl halides is 2. The third-order valence-corrected chi connectivity index (χ3v) is 4.75. The van der Waals surface area contributed by atoms with Crippen molar-refractivity contribution in [2.45, 2.75) is 43.8 Å². The van der Waals surface area contributed by atoms with E-state index in [1.165, 1.54) is 6.42 Å². The molecule has 0 radical (unpaired) electrons. The summed E-state index contributed by atoms with van der Waals surface area (Å²) in [5.41, 5.74) is 6.12. The van der Waals surface area contributed by atoms with Gasteiger partial charge in [0, 0.05) is 25.7 Å². The number of halogens is 2. The lowest BCUT2D eigenvalue weighted by Gasteiger charge is -2.29. The van der Waals surface area contributed by atoms with Gasteiger partial charge >= 0.3 is 11.9 Å². The molecule has 19 heavy (non-hydrogen) atoms. The lowest BCUT2D eigenvalue weighted by Crippen LogP contribution is -2.38. The number of hydrogen-bond acceptors (Lipinski definition) is 4. The molecule has 2 heterocycles. The smallest absolute Gasteiger partial charge is 0.377 e. The molecule has 0 spiro atoms. The van der Waals surface area contributed by atoms with Crippen molar-refractivity contribution in [3.05, 3.63) is 0 Å². The number of carbonyl (C=O) groups excluding carboxylic acids is 1. The number of cyclic esters (lactones) is 1. The molecule has 3 fully saturated rings. The highest BCUT2D eigenvalue weighted by Gasteiger charge is 2.51. The number of likely N-dealkylation sites (tertiary alicyclic amines) is 1. The number of rotatable bonds is 2. The van der Waals surface area contributed by atoms with E-state index in [1.54, 1.807) is 0 Å². The Morgan fingerprint density at radius 3 is 2.79 bits per heavy atom. The molecule has 1 saturated carbocycles. The number of carbonyl (C=O) groups is 1. The number of nitrogens with zero attached hydrogens (tertiary/aromatic N) is 1. The first-order valence-electron chi connectivity index (χ1n) is 7.02. The van der Waals surface area contributed by atoms with Gasteiger partial charge in [0.1, 0.15) is 6.10 Å². The molecule has 6 heteroatoms. The van der Waals surface area contributed by atoms with Gasteiger partial charge < -0.3 is 10.5 Å². The summed E-state index contributed by atoms with van der Waals surface area (Å²) >= 11 is 0. The monoisotopic (exact) mass is 274 g/mol. The van der Waals surface area contributed by atoms with E-state index < -0.39 is 24.4 Å². The predicted octanol–water partition coefficient (Wildman–Crippen LogP) is 0.996. The maximum absolute atomic E-state index is 13.1. The van der Waals surface area contributed by atoms with Crippen molar-refractivity contribution in [2.24, 2.45) is 17.6 Å².